The summed E-state index contributed by atoms with van der Waals surface area (Å²) in [6, 6.07) is 42.4. The maximum atomic E-state index is 14.1. The second-order valence-electron chi connectivity index (χ2n) is 17.3. The third-order valence-electron chi connectivity index (χ3n) is 12.4. The van der Waals surface area contributed by atoms with E-state index in [1.54, 1.807) is 0 Å². The van der Waals surface area contributed by atoms with Crippen molar-refractivity contribution in [1.29, 1.82) is 0 Å². The number of aldehydes is 1. The molecule has 3 aliphatic heterocycles. The molecular formula is C53H48N2O4. The van der Waals surface area contributed by atoms with E-state index in [1.807, 2.05) is 12.1 Å². The van der Waals surface area contributed by atoms with Crippen LogP contribution in [0.15, 0.2) is 133 Å². The number of ether oxygens (including phenoxy) is 2. The lowest BCUT2D eigenvalue weighted by Crippen LogP contribution is -2.30. The van der Waals surface area contributed by atoms with Crippen molar-refractivity contribution in [3.8, 4) is 0 Å². The molecule has 9 rings (SSSR count). The van der Waals surface area contributed by atoms with Crippen LogP contribution in [0.1, 0.15) is 83.3 Å². The maximum Gasteiger partial charge on any atom is 0.348 e. The summed E-state index contributed by atoms with van der Waals surface area (Å²) >= 11 is 0. The van der Waals surface area contributed by atoms with Gasteiger partial charge in [-0.2, -0.15) is 0 Å². The summed E-state index contributed by atoms with van der Waals surface area (Å²) in [5, 5.41) is 0. The highest BCUT2D eigenvalue weighted by Crippen LogP contribution is 2.55. The Kier molecular flexibility index (Phi) is 8.82. The molecule has 6 heteroatoms. The fraction of sp³-hybridized carbons (Fsp3) is 0.208. The maximum absolute atomic E-state index is 14.1. The monoisotopic (exact) mass is 776 g/mol. The van der Waals surface area contributed by atoms with Crippen LogP contribution in [0.3, 0.4) is 0 Å². The first-order chi connectivity index (χ1) is 28.2. The number of anilines is 6. The van der Waals surface area contributed by atoms with E-state index < -0.39 is 16.8 Å². The zero-order chi connectivity index (χ0) is 41.5. The number of benzene rings is 6. The molecule has 0 aliphatic carbocycles. The van der Waals surface area contributed by atoms with E-state index >= 15 is 0 Å². The highest BCUT2D eigenvalue weighted by atomic mass is 16.6. The first-order valence-corrected chi connectivity index (χ1v) is 20.2. The Bertz CT molecular complexity index is 2800. The molecule has 0 aromatic heterocycles. The van der Waals surface area contributed by atoms with Gasteiger partial charge in [0.2, 0.25) is 0 Å². The molecule has 3 heterocycles. The summed E-state index contributed by atoms with van der Waals surface area (Å²) < 4.78 is 12.1. The summed E-state index contributed by atoms with van der Waals surface area (Å²) in [6.45, 7) is 17.3. The van der Waals surface area contributed by atoms with Crippen LogP contribution in [0.4, 0.5) is 34.1 Å². The number of rotatable bonds is 6. The molecule has 6 aromatic carbocycles. The Morgan fingerprint density at radius 2 is 1.03 bits per heavy atom. The van der Waals surface area contributed by atoms with Crippen molar-refractivity contribution in [3.05, 3.63) is 188 Å². The van der Waals surface area contributed by atoms with E-state index in [2.05, 4.69) is 174 Å². The highest BCUT2D eigenvalue weighted by Gasteiger charge is 2.41. The van der Waals surface area contributed by atoms with Gasteiger partial charge in [0, 0.05) is 22.2 Å². The Labute approximate surface area is 347 Å². The average Bonchev–Trinajstić information content (AvgIpc) is 3.53. The number of fused-ring (bicyclic) bond motifs is 4. The predicted molar refractivity (Wildman–Crippen MR) is 238 cm³/mol. The number of hydrogen-bond acceptors (Lipinski definition) is 6. The van der Waals surface area contributed by atoms with Crippen LogP contribution in [0.5, 0.6) is 0 Å². The summed E-state index contributed by atoms with van der Waals surface area (Å²) in [4.78, 5) is 32.0. The van der Waals surface area contributed by atoms with E-state index in [9.17, 15) is 9.59 Å². The van der Waals surface area contributed by atoms with Gasteiger partial charge >= 0.3 is 5.97 Å². The quantitative estimate of drug-likeness (QED) is 0.0954. The predicted octanol–water partition coefficient (Wildman–Crippen LogP) is 12.7. The van der Waals surface area contributed by atoms with Crippen molar-refractivity contribution in [2.24, 2.45) is 0 Å². The largest absolute Gasteiger partial charge is 0.492 e. The molecule has 0 radical (unpaired) electrons. The molecule has 0 N–H and O–H groups in total. The number of allylic oxidation sites excluding steroid dienone is 1. The fourth-order valence-corrected chi connectivity index (χ4v) is 9.72. The first-order valence-electron chi connectivity index (χ1n) is 20.2. The van der Waals surface area contributed by atoms with Gasteiger partial charge < -0.3 is 19.3 Å². The molecule has 59 heavy (non-hydrogen) atoms. The number of esters is 1. The molecule has 6 aromatic rings. The summed E-state index contributed by atoms with van der Waals surface area (Å²) in [5.41, 5.74) is 16.6. The van der Waals surface area contributed by atoms with Crippen molar-refractivity contribution < 1.29 is 19.1 Å². The number of carbonyl (C=O) groups is 2. The highest BCUT2D eigenvalue weighted by molar-refractivity contribution is 6.23. The van der Waals surface area contributed by atoms with E-state index in [0.29, 0.717) is 11.1 Å². The second-order valence-corrected chi connectivity index (χ2v) is 17.3. The van der Waals surface area contributed by atoms with Gasteiger partial charge in [-0.15, -0.1) is 0 Å². The minimum atomic E-state index is -0.565. The van der Waals surface area contributed by atoms with Gasteiger partial charge in [-0.1, -0.05) is 88.4 Å². The second kappa shape index (κ2) is 13.7. The molecule has 3 aliphatic rings. The van der Waals surface area contributed by atoms with Gasteiger partial charge in [-0.25, -0.2) is 4.79 Å². The number of cyclic esters (lactones) is 1. The van der Waals surface area contributed by atoms with Crippen molar-refractivity contribution in [1.82, 2.24) is 0 Å². The number of para-hydroxylation sites is 2. The number of aryl methyl sites for hydroxylation is 4. The minimum Gasteiger partial charge on any atom is -0.492 e. The molecule has 294 valence electrons. The van der Waals surface area contributed by atoms with Gasteiger partial charge in [0.15, 0.2) is 17.8 Å². The zero-order valence-corrected chi connectivity index (χ0v) is 35.2. The van der Waals surface area contributed by atoms with Crippen molar-refractivity contribution in [3.63, 3.8) is 0 Å². The van der Waals surface area contributed by atoms with E-state index in [-0.39, 0.29) is 22.7 Å². The molecule has 0 bridgehead atoms. The standard InChI is InChI=1S/C53H48N2O4/c1-31-22-32(2)25-37(24-31)54-44-16-12-10-14-40(44)52(5,6)42-28-35(18-20-46(42)54)39(30-56)49-50(58-9)48(51(57)59-49)36-19-21-47-43(29-36)53(7,8)41-15-11-13-17-45(41)55(47)38-26-33(3)23-34(4)27-38/h10-30H,1-9H3/b49-39-. The van der Waals surface area contributed by atoms with Crippen LogP contribution in [-0.2, 0) is 29.9 Å². The van der Waals surface area contributed by atoms with Crippen LogP contribution in [0, 0.1) is 27.7 Å². The molecule has 0 saturated carbocycles. The van der Waals surface area contributed by atoms with Gasteiger partial charge in [0.05, 0.1) is 35.4 Å². The van der Waals surface area contributed by atoms with Gasteiger partial charge in [0.25, 0.3) is 0 Å². The molecule has 0 spiro atoms. The Balaban J connectivity index is 1.19. The van der Waals surface area contributed by atoms with Crippen LogP contribution >= 0.6 is 0 Å². The van der Waals surface area contributed by atoms with Crippen LogP contribution in [0.2, 0.25) is 0 Å². The van der Waals surface area contributed by atoms with Crippen LogP contribution in [0.25, 0.3) is 11.1 Å². The molecule has 6 nitrogen and oxygen atoms in total. The van der Waals surface area contributed by atoms with Crippen molar-refractivity contribution in [2.75, 3.05) is 16.9 Å². The number of carbonyl (C=O) groups excluding carboxylic acids is 2. The smallest absolute Gasteiger partial charge is 0.348 e. The number of nitrogens with zero attached hydrogens (tertiary/aromatic N) is 2. The zero-order valence-electron chi connectivity index (χ0n) is 35.2. The lowest BCUT2D eigenvalue weighted by atomic mass is 9.72. The van der Waals surface area contributed by atoms with Crippen LogP contribution < -0.4 is 9.80 Å². The number of methoxy groups -OCH3 is 1. The molecule has 0 atom stereocenters. The van der Waals surface area contributed by atoms with Crippen molar-refractivity contribution in [2.45, 2.75) is 66.2 Å². The van der Waals surface area contributed by atoms with Gasteiger partial charge in [-0.3, -0.25) is 4.79 Å². The Morgan fingerprint density at radius 3 is 1.53 bits per heavy atom. The molecule has 0 unspecified atom stereocenters. The Hall–Kier alpha value is -6.66. The molecule has 0 saturated heterocycles. The third kappa shape index (κ3) is 5.92. The summed E-state index contributed by atoms with van der Waals surface area (Å²) in [7, 11) is 1.52. The average molecular weight is 777 g/mol. The molecule has 0 amide bonds. The number of hydrogen-bond donors (Lipinski definition) is 0. The fourth-order valence-electron chi connectivity index (χ4n) is 9.72. The lowest BCUT2D eigenvalue weighted by Gasteiger charge is -2.42. The lowest BCUT2D eigenvalue weighted by molar-refractivity contribution is -0.131. The Morgan fingerprint density at radius 1 is 0.576 bits per heavy atom. The third-order valence-corrected chi connectivity index (χ3v) is 12.4. The van der Waals surface area contributed by atoms with Crippen LogP contribution in [-0.4, -0.2) is 19.4 Å². The van der Waals surface area contributed by atoms with E-state index in [4.69, 9.17) is 9.47 Å². The topological polar surface area (TPSA) is 59.1 Å². The molecule has 0 fully saturated rings. The van der Waals surface area contributed by atoms with E-state index in [0.717, 1.165) is 51.5 Å². The summed E-state index contributed by atoms with van der Waals surface area (Å²) in [5.74, 6) is -0.220. The molecular weight excluding hydrogens is 729 g/mol. The summed E-state index contributed by atoms with van der Waals surface area (Å²) in [6.07, 6.45) is 0.770. The van der Waals surface area contributed by atoms with E-state index in [1.165, 1.54) is 40.5 Å². The van der Waals surface area contributed by atoms with Crippen molar-refractivity contribution >= 4 is 57.5 Å². The normalized spacial score (nSPS) is 16.8. The minimum absolute atomic E-state index is 0.113. The SMILES string of the molecule is COC1=C(c2ccc3c(c2)C(C)(C)c2ccccc2N3c2cc(C)cc(C)c2)C(=O)O/C1=C(/C=O)c1ccc2c(c1)C(C)(C)c1ccccc1N2c1cc(C)cc(C)c1. The first kappa shape index (κ1) is 37.9. The van der Waals surface area contributed by atoms with Gasteiger partial charge in [0.1, 0.15) is 5.57 Å². The van der Waals surface area contributed by atoms with Gasteiger partial charge in [-0.05, 0) is 144 Å².